The first-order chi connectivity index (χ1) is 18.1. The summed E-state index contributed by atoms with van der Waals surface area (Å²) in [6.45, 7) is 2.31. The normalized spacial score (nSPS) is 17.6. The lowest BCUT2D eigenvalue weighted by Gasteiger charge is -2.50. The summed E-state index contributed by atoms with van der Waals surface area (Å²) >= 11 is 0.967. The van der Waals surface area contributed by atoms with E-state index in [1.165, 1.54) is 43.5 Å². The molecular formula is C20H24N8O9S2. The highest BCUT2D eigenvalue weighted by atomic mass is 32.3. The third kappa shape index (κ3) is 6.96. The maximum Gasteiger partial charge on any atom is 0.418 e. The molecule has 0 saturated carbocycles. The van der Waals surface area contributed by atoms with Crippen LogP contribution < -0.4 is 27.3 Å². The number of hydroxylamine groups is 2. The lowest BCUT2D eigenvalue weighted by molar-refractivity contribution is -0.218. The number of nitrogens with zero attached hydrogens (tertiary/aromatic N) is 3. The standard InChI is InChI=1S/C20H24N8O9S2/c1-20(2)14(18(31)28(20)37-39(32,33)34)26-17(30)13(11-8-38-19(24)25-11)27-36-12(16(23)29)7-35-10-5-3-9(4-6-10)15(21)22/h3-6,8,12,14H,7H2,1-2H3,(H3,21,22)(H2,23,29)(H2,24,25)(H,26,30)(H,32,33,34)/t12?,14-/m1/s1. The highest BCUT2D eigenvalue weighted by Crippen LogP contribution is 2.33. The molecule has 0 aliphatic carbocycles. The minimum Gasteiger partial charge on any atom is -0.489 e. The molecule has 1 aromatic heterocycles. The van der Waals surface area contributed by atoms with E-state index in [-0.39, 0.29) is 16.7 Å². The Balaban J connectivity index is 1.76. The third-order valence-corrected chi connectivity index (χ3v) is 6.27. The maximum absolute atomic E-state index is 13.1. The molecule has 0 radical (unpaired) electrons. The van der Waals surface area contributed by atoms with Crippen LogP contribution in [0.5, 0.6) is 5.75 Å². The Morgan fingerprint density at radius 1 is 1.31 bits per heavy atom. The predicted molar refractivity (Wildman–Crippen MR) is 136 cm³/mol. The molecule has 1 unspecified atom stereocenters. The molecule has 9 N–H and O–H groups in total. The molecule has 0 bridgehead atoms. The zero-order valence-electron chi connectivity index (χ0n) is 20.4. The topological polar surface area (TPSA) is 276 Å². The molecule has 2 atom stereocenters. The number of amides is 3. The Morgan fingerprint density at radius 2 is 1.95 bits per heavy atom. The van der Waals surface area contributed by atoms with Gasteiger partial charge in [0.2, 0.25) is 6.10 Å². The first-order valence-electron chi connectivity index (χ1n) is 10.7. The molecule has 2 aromatic rings. The van der Waals surface area contributed by atoms with Crippen LogP contribution in [0.2, 0.25) is 0 Å². The predicted octanol–water partition coefficient (Wildman–Crippen LogP) is -1.50. The lowest BCUT2D eigenvalue weighted by Crippen LogP contribution is -2.76. The van der Waals surface area contributed by atoms with Gasteiger partial charge < -0.3 is 32.1 Å². The van der Waals surface area contributed by atoms with Crippen LogP contribution >= 0.6 is 11.3 Å². The van der Waals surface area contributed by atoms with Gasteiger partial charge in [-0.25, -0.2) is 4.98 Å². The number of amidine groups is 1. The number of carbonyl (C=O) groups is 3. The molecule has 1 saturated heterocycles. The molecule has 1 aliphatic rings. The monoisotopic (exact) mass is 584 g/mol. The number of hydrogen-bond acceptors (Lipinski definition) is 13. The molecular weight excluding hydrogens is 560 g/mol. The van der Waals surface area contributed by atoms with Crippen molar-refractivity contribution in [3.63, 3.8) is 0 Å². The number of nitrogen functional groups attached to an aromatic ring is 2. The Bertz CT molecular complexity index is 1420. The fourth-order valence-corrected chi connectivity index (χ4v) is 4.21. The van der Waals surface area contributed by atoms with Crippen molar-refractivity contribution < 1.29 is 41.2 Å². The van der Waals surface area contributed by atoms with E-state index in [4.69, 9.17) is 36.7 Å². The second kappa shape index (κ2) is 11.2. The number of aromatic nitrogens is 1. The average molecular weight is 585 g/mol. The minimum atomic E-state index is -5.00. The van der Waals surface area contributed by atoms with E-state index in [9.17, 15) is 22.8 Å². The molecule has 1 aromatic carbocycles. The van der Waals surface area contributed by atoms with E-state index in [2.05, 4.69) is 19.7 Å². The summed E-state index contributed by atoms with van der Waals surface area (Å²) in [5.74, 6) is -2.81. The summed E-state index contributed by atoms with van der Waals surface area (Å²) < 4.78 is 40.6. The molecule has 0 spiro atoms. The number of β-lactam (4-membered cyclic amide) rings is 1. The third-order valence-electron chi connectivity index (χ3n) is 5.26. The average Bonchev–Trinajstić information content (AvgIpc) is 3.28. The molecule has 3 amide bonds. The lowest BCUT2D eigenvalue weighted by atomic mass is 9.84. The fourth-order valence-electron chi connectivity index (χ4n) is 3.20. The summed E-state index contributed by atoms with van der Waals surface area (Å²) in [4.78, 5) is 46.6. The zero-order valence-corrected chi connectivity index (χ0v) is 22.0. The highest BCUT2D eigenvalue weighted by Gasteiger charge is 2.58. The number of primary amides is 1. The summed E-state index contributed by atoms with van der Waals surface area (Å²) in [5.41, 5.74) is 14.9. The van der Waals surface area contributed by atoms with E-state index in [1.54, 1.807) is 0 Å². The van der Waals surface area contributed by atoms with Crippen molar-refractivity contribution in [3.05, 3.63) is 40.9 Å². The number of rotatable bonds is 12. The van der Waals surface area contributed by atoms with Crippen LogP contribution in [0.4, 0.5) is 5.13 Å². The van der Waals surface area contributed by atoms with Gasteiger partial charge in [0.15, 0.2) is 10.8 Å². The van der Waals surface area contributed by atoms with Gasteiger partial charge in [-0.3, -0.25) is 24.3 Å². The van der Waals surface area contributed by atoms with Gasteiger partial charge in [-0.15, -0.1) is 15.6 Å². The van der Waals surface area contributed by atoms with Crippen LogP contribution in [0.25, 0.3) is 0 Å². The number of benzene rings is 1. The molecule has 3 rings (SSSR count). The molecule has 210 valence electrons. The van der Waals surface area contributed by atoms with Crippen LogP contribution in [-0.2, 0) is 33.9 Å². The number of anilines is 1. The van der Waals surface area contributed by atoms with Crippen LogP contribution in [-0.4, -0.2) is 76.6 Å². The molecule has 1 fully saturated rings. The van der Waals surface area contributed by atoms with Crippen molar-refractivity contribution in [2.75, 3.05) is 12.3 Å². The van der Waals surface area contributed by atoms with Gasteiger partial charge in [0.05, 0.1) is 5.54 Å². The fraction of sp³-hybridized carbons (Fsp3) is 0.300. The van der Waals surface area contributed by atoms with Crippen LogP contribution in [0, 0.1) is 5.41 Å². The number of oxime groups is 1. The van der Waals surface area contributed by atoms with Gasteiger partial charge in [-0.1, -0.05) is 5.16 Å². The number of ether oxygens (including phenoxy) is 1. The zero-order chi connectivity index (χ0) is 29.1. The van der Waals surface area contributed by atoms with Crippen molar-refractivity contribution in [2.24, 2.45) is 16.6 Å². The number of nitrogens with one attached hydrogen (secondary N) is 2. The van der Waals surface area contributed by atoms with Crippen molar-refractivity contribution in [1.29, 1.82) is 5.41 Å². The number of hydrogen-bond donors (Lipinski definition) is 6. The van der Waals surface area contributed by atoms with Gasteiger partial charge in [0.25, 0.3) is 17.7 Å². The van der Waals surface area contributed by atoms with E-state index in [0.29, 0.717) is 16.4 Å². The van der Waals surface area contributed by atoms with Gasteiger partial charge in [-0.2, -0.15) is 13.5 Å². The highest BCUT2D eigenvalue weighted by molar-refractivity contribution is 7.80. The van der Waals surface area contributed by atoms with Crippen LogP contribution in [0.15, 0.2) is 34.8 Å². The Morgan fingerprint density at radius 3 is 2.44 bits per heavy atom. The summed E-state index contributed by atoms with van der Waals surface area (Å²) in [6.07, 6.45) is -1.48. The molecule has 17 nitrogen and oxygen atoms in total. The largest absolute Gasteiger partial charge is 0.489 e. The number of thiazole rings is 1. The van der Waals surface area contributed by atoms with E-state index < -0.39 is 58.1 Å². The Hall–Kier alpha value is -4.33. The summed E-state index contributed by atoms with van der Waals surface area (Å²) in [5, 5.41) is 15.3. The molecule has 2 heterocycles. The van der Waals surface area contributed by atoms with E-state index >= 15 is 0 Å². The summed E-state index contributed by atoms with van der Waals surface area (Å²) in [7, 11) is -5.00. The Kier molecular flexibility index (Phi) is 8.39. The Labute approximate surface area is 225 Å². The van der Waals surface area contributed by atoms with Gasteiger partial charge in [0, 0.05) is 10.9 Å². The van der Waals surface area contributed by atoms with Gasteiger partial charge >= 0.3 is 10.4 Å². The van der Waals surface area contributed by atoms with E-state index in [1.807, 2.05) is 0 Å². The quantitative estimate of drug-likeness (QED) is 0.0547. The molecule has 1 aliphatic heterocycles. The first-order valence-corrected chi connectivity index (χ1v) is 13.0. The number of nitrogens with two attached hydrogens (primary N) is 3. The minimum absolute atomic E-state index is 0.0606. The number of carbonyl (C=O) groups excluding carboxylic acids is 3. The smallest absolute Gasteiger partial charge is 0.418 e. The first kappa shape index (κ1) is 29.2. The maximum atomic E-state index is 13.1. The van der Waals surface area contributed by atoms with Crippen LogP contribution in [0.1, 0.15) is 25.1 Å². The molecule has 19 heteroatoms. The van der Waals surface area contributed by atoms with Crippen molar-refractivity contribution >= 4 is 56.1 Å². The van der Waals surface area contributed by atoms with Crippen LogP contribution in [0.3, 0.4) is 0 Å². The second-order valence-corrected chi connectivity index (χ2v) is 10.3. The van der Waals surface area contributed by atoms with Gasteiger partial charge in [0.1, 0.15) is 29.9 Å². The second-order valence-electron chi connectivity index (χ2n) is 8.45. The SMILES string of the molecule is CC1(C)[C@H](NC(=O)C(=NOC(COc2ccc(C(=N)N)cc2)C(N)=O)c2csc(N)n2)C(=O)N1OS(=O)(=O)O. The van der Waals surface area contributed by atoms with E-state index in [0.717, 1.165) is 11.3 Å². The molecule has 39 heavy (non-hydrogen) atoms. The van der Waals surface area contributed by atoms with Gasteiger partial charge in [-0.05, 0) is 38.1 Å². The van der Waals surface area contributed by atoms with Crippen molar-refractivity contribution in [2.45, 2.75) is 31.5 Å². The van der Waals surface area contributed by atoms with Crippen molar-refractivity contribution in [3.8, 4) is 5.75 Å². The van der Waals surface area contributed by atoms with Crippen molar-refractivity contribution in [1.82, 2.24) is 15.4 Å². The summed E-state index contributed by atoms with van der Waals surface area (Å²) in [6, 6.07) is 4.75.